The van der Waals surface area contributed by atoms with Crippen molar-refractivity contribution in [2.45, 2.75) is 17.9 Å². The standard InChI is InChI=1S/C17H21FN2O2S/c1-13-9-10-15(18)11-17(13)23(21,22)19-16(12-20(2)3)14-7-5-4-6-8-14/h4-11,16,19H,12H2,1-3H3/t16-/m1/s1. The number of rotatable bonds is 6. The molecule has 0 aliphatic heterocycles. The monoisotopic (exact) mass is 336 g/mol. The Balaban J connectivity index is 2.36. The Kier molecular flexibility index (Phi) is 5.51. The molecule has 0 aliphatic carbocycles. The first-order valence-electron chi connectivity index (χ1n) is 7.28. The van der Waals surface area contributed by atoms with Crippen LogP contribution in [0.4, 0.5) is 4.39 Å². The second-order valence-corrected chi connectivity index (χ2v) is 7.44. The van der Waals surface area contributed by atoms with Gasteiger partial charge < -0.3 is 4.90 Å². The van der Waals surface area contributed by atoms with Crippen molar-refractivity contribution in [3.05, 3.63) is 65.5 Å². The summed E-state index contributed by atoms with van der Waals surface area (Å²) in [5, 5.41) is 0. The zero-order chi connectivity index (χ0) is 17.0. The van der Waals surface area contributed by atoms with Crippen LogP contribution in [0.2, 0.25) is 0 Å². The van der Waals surface area contributed by atoms with Crippen molar-refractivity contribution in [1.29, 1.82) is 0 Å². The molecular weight excluding hydrogens is 315 g/mol. The quantitative estimate of drug-likeness (QED) is 0.882. The molecule has 124 valence electrons. The molecule has 0 fully saturated rings. The lowest BCUT2D eigenvalue weighted by molar-refractivity contribution is 0.363. The predicted octanol–water partition coefficient (Wildman–Crippen LogP) is 2.72. The summed E-state index contributed by atoms with van der Waals surface area (Å²) in [5.41, 5.74) is 1.37. The van der Waals surface area contributed by atoms with Crippen LogP contribution in [0.3, 0.4) is 0 Å². The average molecular weight is 336 g/mol. The molecule has 0 aliphatic rings. The first-order chi connectivity index (χ1) is 10.8. The third-order valence-electron chi connectivity index (χ3n) is 3.49. The molecule has 2 rings (SSSR count). The molecule has 1 N–H and O–H groups in total. The van der Waals surface area contributed by atoms with Crippen molar-refractivity contribution in [2.24, 2.45) is 0 Å². The Morgan fingerprint density at radius 1 is 1.13 bits per heavy atom. The molecule has 0 heterocycles. The van der Waals surface area contributed by atoms with Crippen LogP contribution in [0.25, 0.3) is 0 Å². The maximum Gasteiger partial charge on any atom is 0.241 e. The van der Waals surface area contributed by atoms with Crippen LogP contribution in [0.5, 0.6) is 0 Å². The molecule has 0 unspecified atom stereocenters. The van der Waals surface area contributed by atoms with Gasteiger partial charge in [0.1, 0.15) is 5.82 Å². The molecule has 0 aromatic heterocycles. The fourth-order valence-electron chi connectivity index (χ4n) is 2.38. The van der Waals surface area contributed by atoms with Gasteiger partial charge >= 0.3 is 0 Å². The number of nitrogens with one attached hydrogen (secondary N) is 1. The topological polar surface area (TPSA) is 49.4 Å². The van der Waals surface area contributed by atoms with E-state index >= 15 is 0 Å². The Morgan fingerprint density at radius 3 is 2.39 bits per heavy atom. The molecule has 23 heavy (non-hydrogen) atoms. The fraction of sp³-hybridized carbons (Fsp3) is 0.294. The summed E-state index contributed by atoms with van der Waals surface area (Å²) in [6.45, 7) is 2.15. The number of aryl methyl sites for hydroxylation is 1. The van der Waals surface area contributed by atoms with Gasteiger partial charge in [0.2, 0.25) is 10.0 Å². The van der Waals surface area contributed by atoms with Crippen LogP contribution >= 0.6 is 0 Å². The van der Waals surface area contributed by atoms with E-state index in [9.17, 15) is 12.8 Å². The zero-order valence-electron chi connectivity index (χ0n) is 13.5. The molecule has 0 amide bonds. The summed E-state index contributed by atoms with van der Waals surface area (Å²) in [7, 11) is -0.0777. The molecule has 6 heteroatoms. The molecule has 1 atom stereocenters. The van der Waals surface area contributed by atoms with Crippen LogP contribution < -0.4 is 4.72 Å². The summed E-state index contributed by atoms with van der Waals surface area (Å²) in [4.78, 5) is 1.87. The summed E-state index contributed by atoms with van der Waals surface area (Å²) in [5.74, 6) is -0.570. The van der Waals surface area contributed by atoms with Gasteiger partial charge in [-0.3, -0.25) is 0 Å². The molecule has 0 bridgehead atoms. The molecule has 2 aromatic rings. The molecule has 0 saturated carbocycles. The van der Waals surface area contributed by atoms with E-state index in [0.29, 0.717) is 12.1 Å². The van der Waals surface area contributed by atoms with Crippen LogP contribution in [0.1, 0.15) is 17.2 Å². The van der Waals surface area contributed by atoms with Crippen LogP contribution in [-0.2, 0) is 10.0 Å². The third kappa shape index (κ3) is 4.60. The second kappa shape index (κ2) is 7.21. The van der Waals surface area contributed by atoms with Crippen molar-refractivity contribution in [1.82, 2.24) is 9.62 Å². The van der Waals surface area contributed by atoms with Crippen LogP contribution in [0.15, 0.2) is 53.4 Å². The maximum atomic E-state index is 13.4. The number of sulfonamides is 1. The minimum Gasteiger partial charge on any atom is -0.307 e. The number of nitrogens with zero attached hydrogens (tertiary/aromatic N) is 1. The van der Waals surface area contributed by atoms with Gasteiger partial charge in [-0.2, -0.15) is 0 Å². The lowest BCUT2D eigenvalue weighted by atomic mass is 10.1. The van der Waals surface area contributed by atoms with Gasteiger partial charge in [0.25, 0.3) is 0 Å². The van der Waals surface area contributed by atoms with E-state index in [-0.39, 0.29) is 4.90 Å². The SMILES string of the molecule is Cc1ccc(F)cc1S(=O)(=O)N[C@H](CN(C)C)c1ccccc1. The van der Waals surface area contributed by atoms with Gasteiger partial charge in [-0.1, -0.05) is 36.4 Å². The normalized spacial score (nSPS) is 13.3. The largest absolute Gasteiger partial charge is 0.307 e. The van der Waals surface area contributed by atoms with Gasteiger partial charge in [0.05, 0.1) is 10.9 Å². The van der Waals surface area contributed by atoms with Crippen molar-refractivity contribution in [3.63, 3.8) is 0 Å². The smallest absolute Gasteiger partial charge is 0.241 e. The van der Waals surface area contributed by atoms with Gasteiger partial charge in [0, 0.05) is 6.54 Å². The van der Waals surface area contributed by atoms with E-state index < -0.39 is 21.9 Å². The number of likely N-dealkylation sites (N-methyl/N-ethyl adjacent to an activating group) is 1. The van der Waals surface area contributed by atoms with Crippen molar-refractivity contribution < 1.29 is 12.8 Å². The molecule has 0 spiro atoms. The van der Waals surface area contributed by atoms with Crippen molar-refractivity contribution in [2.75, 3.05) is 20.6 Å². The van der Waals surface area contributed by atoms with E-state index in [1.54, 1.807) is 6.92 Å². The third-order valence-corrected chi connectivity index (χ3v) is 5.10. The lowest BCUT2D eigenvalue weighted by Gasteiger charge is -2.23. The Morgan fingerprint density at radius 2 is 1.78 bits per heavy atom. The van der Waals surface area contributed by atoms with E-state index in [4.69, 9.17) is 0 Å². The highest BCUT2D eigenvalue weighted by Gasteiger charge is 2.23. The lowest BCUT2D eigenvalue weighted by Crippen LogP contribution is -2.35. The molecular formula is C17H21FN2O2S. The van der Waals surface area contributed by atoms with E-state index in [2.05, 4.69) is 4.72 Å². The number of halogens is 1. The number of benzene rings is 2. The molecule has 2 aromatic carbocycles. The maximum absolute atomic E-state index is 13.4. The van der Waals surface area contributed by atoms with Gasteiger partial charge in [-0.05, 0) is 44.3 Å². The Bertz CT molecular complexity index is 761. The summed E-state index contributed by atoms with van der Waals surface area (Å²) >= 11 is 0. The molecule has 0 radical (unpaired) electrons. The van der Waals surface area contributed by atoms with E-state index in [1.165, 1.54) is 12.1 Å². The molecule has 4 nitrogen and oxygen atoms in total. The van der Waals surface area contributed by atoms with Crippen LogP contribution in [-0.4, -0.2) is 34.0 Å². The second-order valence-electron chi connectivity index (χ2n) is 5.76. The predicted molar refractivity (Wildman–Crippen MR) is 89.2 cm³/mol. The number of hydrogen-bond donors (Lipinski definition) is 1. The van der Waals surface area contributed by atoms with Crippen molar-refractivity contribution >= 4 is 10.0 Å². The first-order valence-corrected chi connectivity index (χ1v) is 8.76. The highest BCUT2D eigenvalue weighted by atomic mass is 32.2. The minimum atomic E-state index is -3.82. The van der Waals surface area contributed by atoms with Crippen molar-refractivity contribution in [3.8, 4) is 0 Å². The number of hydrogen-bond acceptors (Lipinski definition) is 3. The Labute approximate surface area is 137 Å². The summed E-state index contributed by atoms with van der Waals surface area (Å²) < 4.78 is 41.5. The summed E-state index contributed by atoms with van der Waals surface area (Å²) in [6.07, 6.45) is 0. The minimum absolute atomic E-state index is 0.0304. The Hall–Kier alpha value is -1.76. The van der Waals surface area contributed by atoms with Gasteiger partial charge in [0.15, 0.2) is 0 Å². The van der Waals surface area contributed by atoms with E-state index in [1.807, 2.05) is 49.3 Å². The van der Waals surface area contributed by atoms with Gasteiger partial charge in [-0.25, -0.2) is 17.5 Å². The highest BCUT2D eigenvalue weighted by Crippen LogP contribution is 2.21. The molecule has 0 saturated heterocycles. The zero-order valence-corrected chi connectivity index (χ0v) is 14.3. The highest BCUT2D eigenvalue weighted by molar-refractivity contribution is 7.89. The van der Waals surface area contributed by atoms with Crippen LogP contribution in [0, 0.1) is 12.7 Å². The first kappa shape index (κ1) is 17.6. The summed E-state index contributed by atoms with van der Waals surface area (Å²) in [6, 6.07) is 12.7. The van der Waals surface area contributed by atoms with Gasteiger partial charge in [-0.15, -0.1) is 0 Å². The van der Waals surface area contributed by atoms with E-state index in [0.717, 1.165) is 11.6 Å². The fourth-order valence-corrected chi connectivity index (χ4v) is 3.85. The average Bonchev–Trinajstić information content (AvgIpc) is 2.49.